The Kier molecular flexibility index (Phi) is 10.2. The second-order valence-corrected chi connectivity index (χ2v) is 4.07. The van der Waals surface area contributed by atoms with Gasteiger partial charge in [0.15, 0.2) is 0 Å². The molecule has 0 unspecified atom stereocenters. The van der Waals surface area contributed by atoms with E-state index in [1.165, 1.54) is 44.9 Å². The summed E-state index contributed by atoms with van der Waals surface area (Å²) in [4.78, 5) is 0. The maximum atomic E-state index is 9.03. The smallest absolute Gasteiger partial charge is 0.0512 e. The first kappa shape index (κ1) is 13.5. The van der Waals surface area contributed by atoms with Gasteiger partial charge < -0.3 is 5.11 Å². The normalized spacial score (nSPS) is 12.4. The lowest BCUT2D eigenvalue weighted by Gasteiger charge is -2.03. The van der Waals surface area contributed by atoms with Crippen molar-refractivity contribution in [3.05, 3.63) is 0 Å². The molecule has 0 aromatic carbocycles. The second-order valence-electron chi connectivity index (χ2n) is 4.07. The van der Waals surface area contributed by atoms with Crippen LogP contribution in [-0.2, 0) is 0 Å². The Morgan fingerprint density at radius 1 is 1.00 bits per heavy atom. The number of terminal acetylenes is 1. The maximum absolute atomic E-state index is 9.03. The Bertz CT molecular complexity index is 144. The second kappa shape index (κ2) is 10.6. The van der Waals surface area contributed by atoms with E-state index in [2.05, 4.69) is 5.92 Å². The molecule has 0 saturated carbocycles. The van der Waals surface area contributed by atoms with E-state index in [0.717, 1.165) is 12.8 Å². The van der Waals surface area contributed by atoms with E-state index in [-0.39, 0.29) is 6.10 Å². The van der Waals surface area contributed by atoms with Crippen molar-refractivity contribution in [2.24, 2.45) is 0 Å². The average Bonchev–Trinajstić information content (AvgIpc) is 2.15. The van der Waals surface area contributed by atoms with Crippen LogP contribution in [0.5, 0.6) is 0 Å². The molecule has 0 bridgehead atoms. The Morgan fingerprint density at radius 3 is 2.00 bits per heavy atom. The molecule has 0 saturated heterocycles. The van der Waals surface area contributed by atoms with Crippen molar-refractivity contribution < 1.29 is 5.11 Å². The summed E-state index contributed by atoms with van der Waals surface area (Å²) in [7, 11) is 0. The number of rotatable bonds is 9. The van der Waals surface area contributed by atoms with Gasteiger partial charge in [0.1, 0.15) is 0 Å². The lowest BCUT2D eigenvalue weighted by molar-refractivity contribution is 0.180. The summed E-state index contributed by atoms with van der Waals surface area (Å²) >= 11 is 0. The van der Waals surface area contributed by atoms with Crippen molar-refractivity contribution in [3.8, 4) is 12.3 Å². The van der Waals surface area contributed by atoms with Gasteiger partial charge >= 0.3 is 0 Å². The fraction of sp³-hybridized carbons (Fsp3) is 0.846. The summed E-state index contributed by atoms with van der Waals surface area (Å²) in [6.07, 6.45) is 15.8. The first-order chi connectivity index (χ1) is 6.77. The topological polar surface area (TPSA) is 20.2 Å². The largest absolute Gasteiger partial charge is 0.393 e. The van der Waals surface area contributed by atoms with Crippen LogP contribution in [0, 0.1) is 12.3 Å². The molecule has 82 valence electrons. The molecule has 14 heavy (non-hydrogen) atoms. The molecule has 0 fully saturated rings. The summed E-state index contributed by atoms with van der Waals surface area (Å²) in [5.41, 5.74) is 0. The van der Waals surface area contributed by atoms with Crippen LogP contribution in [-0.4, -0.2) is 11.2 Å². The van der Waals surface area contributed by atoms with Gasteiger partial charge in [-0.25, -0.2) is 0 Å². The summed E-state index contributed by atoms with van der Waals surface area (Å²) in [6.45, 7) is 1.86. The third kappa shape index (κ3) is 11.5. The SMILES string of the molecule is C#CCCCCCCCCC[C@H](C)O. The molecular weight excluding hydrogens is 172 g/mol. The molecule has 0 aliphatic heterocycles. The van der Waals surface area contributed by atoms with Gasteiger partial charge in [-0.3, -0.25) is 0 Å². The Labute approximate surface area is 88.9 Å². The van der Waals surface area contributed by atoms with Crippen LogP contribution in [0.2, 0.25) is 0 Å². The van der Waals surface area contributed by atoms with E-state index in [1.807, 2.05) is 6.92 Å². The minimum atomic E-state index is -0.120. The zero-order valence-electron chi connectivity index (χ0n) is 9.47. The molecular formula is C13H24O. The average molecular weight is 196 g/mol. The van der Waals surface area contributed by atoms with Crippen molar-refractivity contribution in [2.45, 2.75) is 70.8 Å². The highest BCUT2D eigenvalue weighted by molar-refractivity contribution is 4.82. The van der Waals surface area contributed by atoms with Gasteiger partial charge in [-0.1, -0.05) is 38.5 Å². The van der Waals surface area contributed by atoms with Crippen LogP contribution in [0.25, 0.3) is 0 Å². The van der Waals surface area contributed by atoms with Gasteiger partial charge in [-0.15, -0.1) is 12.3 Å². The van der Waals surface area contributed by atoms with Gasteiger partial charge in [0.05, 0.1) is 6.10 Å². The zero-order chi connectivity index (χ0) is 10.6. The minimum absolute atomic E-state index is 0.120. The van der Waals surface area contributed by atoms with E-state index in [9.17, 15) is 0 Å². The molecule has 0 amide bonds. The lowest BCUT2D eigenvalue weighted by atomic mass is 10.1. The monoisotopic (exact) mass is 196 g/mol. The fourth-order valence-corrected chi connectivity index (χ4v) is 1.55. The van der Waals surface area contributed by atoms with Crippen LogP contribution in [0.3, 0.4) is 0 Å². The van der Waals surface area contributed by atoms with Crippen molar-refractivity contribution in [3.63, 3.8) is 0 Å². The summed E-state index contributed by atoms with van der Waals surface area (Å²) in [6, 6.07) is 0. The van der Waals surface area contributed by atoms with E-state index < -0.39 is 0 Å². The number of unbranched alkanes of at least 4 members (excludes halogenated alkanes) is 7. The molecule has 1 heteroatoms. The lowest BCUT2D eigenvalue weighted by Crippen LogP contribution is -1.98. The van der Waals surface area contributed by atoms with E-state index in [0.29, 0.717) is 0 Å². The van der Waals surface area contributed by atoms with Gasteiger partial charge in [0.2, 0.25) is 0 Å². The van der Waals surface area contributed by atoms with Gasteiger partial charge in [0.25, 0.3) is 0 Å². The Balaban J connectivity index is 2.89. The predicted octanol–water partition coefficient (Wildman–Crippen LogP) is 3.51. The van der Waals surface area contributed by atoms with Crippen LogP contribution >= 0.6 is 0 Å². The van der Waals surface area contributed by atoms with Crippen LogP contribution in [0.1, 0.15) is 64.7 Å². The summed E-state index contributed by atoms with van der Waals surface area (Å²) in [5, 5.41) is 9.03. The molecule has 0 rings (SSSR count). The predicted molar refractivity (Wildman–Crippen MR) is 62.1 cm³/mol. The summed E-state index contributed by atoms with van der Waals surface area (Å²) in [5.74, 6) is 2.66. The van der Waals surface area contributed by atoms with Crippen LogP contribution < -0.4 is 0 Å². The summed E-state index contributed by atoms with van der Waals surface area (Å²) < 4.78 is 0. The molecule has 0 aliphatic carbocycles. The number of aliphatic hydroxyl groups excluding tert-OH is 1. The molecule has 0 aromatic heterocycles. The Morgan fingerprint density at radius 2 is 1.50 bits per heavy atom. The van der Waals surface area contributed by atoms with E-state index in [4.69, 9.17) is 11.5 Å². The quantitative estimate of drug-likeness (QED) is 0.442. The number of hydrogen-bond donors (Lipinski definition) is 1. The molecule has 0 aliphatic rings. The maximum Gasteiger partial charge on any atom is 0.0512 e. The number of hydrogen-bond acceptors (Lipinski definition) is 1. The highest BCUT2D eigenvalue weighted by Crippen LogP contribution is 2.10. The molecule has 0 spiro atoms. The molecule has 1 nitrogen and oxygen atoms in total. The van der Waals surface area contributed by atoms with E-state index in [1.54, 1.807) is 0 Å². The number of aliphatic hydroxyl groups is 1. The van der Waals surface area contributed by atoms with Gasteiger partial charge in [-0.2, -0.15) is 0 Å². The van der Waals surface area contributed by atoms with Crippen LogP contribution in [0.4, 0.5) is 0 Å². The first-order valence-electron chi connectivity index (χ1n) is 5.89. The minimum Gasteiger partial charge on any atom is -0.393 e. The first-order valence-corrected chi connectivity index (χ1v) is 5.89. The fourth-order valence-electron chi connectivity index (χ4n) is 1.55. The highest BCUT2D eigenvalue weighted by Gasteiger charge is 1.95. The molecule has 0 heterocycles. The third-order valence-corrected chi connectivity index (χ3v) is 2.44. The molecule has 1 atom stereocenters. The van der Waals surface area contributed by atoms with Crippen LogP contribution in [0.15, 0.2) is 0 Å². The van der Waals surface area contributed by atoms with Crippen molar-refractivity contribution in [1.82, 2.24) is 0 Å². The van der Waals surface area contributed by atoms with E-state index >= 15 is 0 Å². The highest BCUT2D eigenvalue weighted by atomic mass is 16.3. The Hall–Kier alpha value is -0.480. The van der Waals surface area contributed by atoms with Gasteiger partial charge in [0, 0.05) is 6.42 Å². The molecule has 0 radical (unpaired) electrons. The third-order valence-electron chi connectivity index (χ3n) is 2.44. The molecule has 1 N–H and O–H groups in total. The standard InChI is InChI=1S/C13H24O/c1-3-4-5-6-7-8-9-10-11-12-13(2)14/h1,13-14H,4-12H2,2H3/t13-/m0/s1. The van der Waals surface area contributed by atoms with Crippen molar-refractivity contribution >= 4 is 0 Å². The van der Waals surface area contributed by atoms with Crippen molar-refractivity contribution in [2.75, 3.05) is 0 Å². The zero-order valence-corrected chi connectivity index (χ0v) is 9.47. The van der Waals surface area contributed by atoms with Crippen molar-refractivity contribution in [1.29, 1.82) is 0 Å². The molecule has 0 aromatic rings. The van der Waals surface area contributed by atoms with Gasteiger partial charge in [-0.05, 0) is 19.8 Å².